The average molecular weight is 484 g/mol. The molecule has 0 N–H and O–H groups in total. The highest BCUT2D eigenvalue weighted by Crippen LogP contribution is 2.41. The van der Waals surface area contributed by atoms with Gasteiger partial charge in [-0.05, 0) is 43.6 Å². The van der Waals surface area contributed by atoms with Crippen LogP contribution in [0.15, 0.2) is 91.6 Å². The van der Waals surface area contributed by atoms with Gasteiger partial charge in [-0.1, -0.05) is 56.0 Å². The predicted octanol–water partition coefficient (Wildman–Crippen LogP) is 8.16. The fourth-order valence-corrected chi connectivity index (χ4v) is 4.59. The number of allylic oxidation sites excluding steroid dienone is 9. The largest absolute Gasteiger partial charge is 0.152 e. The number of hydrogen-bond donors (Lipinski definition) is 0. The summed E-state index contributed by atoms with van der Waals surface area (Å²) < 4.78 is 2.07. The van der Waals surface area contributed by atoms with Crippen molar-refractivity contribution in [1.29, 1.82) is 0 Å². The zero-order chi connectivity index (χ0) is 19.8. The molecule has 3 rings (SSSR count). The summed E-state index contributed by atoms with van der Waals surface area (Å²) in [6, 6.07) is 10.4. The van der Waals surface area contributed by atoms with Crippen LogP contribution in [-0.2, 0) is 0 Å². The van der Waals surface area contributed by atoms with Gasteiger partial charge in [0, 0.05) is 34.4 Å². The Morgan fingerprint density at radius 1 is 1.00 bits per heavy atom. The van der Waals surface area contributed by atoms with Gasteiger partial charge in [0.05, 0.1) is 11.5 Å². The fourth-order valence-electron chi connectivity index (χ4n) is 3.21. The van der Waals surface area contributed by atoms with Crippen LogP contribution in [-0.4, -0.2) is 0 Å². The monoisotopic (exact) mass is 482 g/mol. The molecule has 0 aliphatic heterocycles. The van der Waals surface area contributed by atoms with Crippen LogP contribution in [0, 0.1) is 17.3 Å². The Morgan fingerprint density at radius 2 is 1.59 bits per heavy atom. The molecule has 2 aliphatic rings. The van der Waals surface area contributed by atoms with Crippen LogP contribution < -0.4 is 0 Å². The smallest absolute Gasteiger partial charge is 0.118 e. The zero-order valence-electron chi connectivity index (χ0n) is 16.5. The number of rotatable bonds is 1. The summed E-state index contributed by atoms with van der Waals surface area (Å²) in [6.07, 6.45) is 8.90. The second kappa shape index (κ2) is 7.80. The Balaban J connectivity index is 2.02. The minimum absolute atomic E-state index is 0.145. The molecule has 0 amide bonds. The minimum atomic E-state index is 0.145. The lowest BCUT2D eigenvalue weighted by atomic mass is 9.77. The van der Waals surface area contributed by atoms with E-state index in [0.29, 0.717) is 0 Å². The number of hydrogen-bond acceptors (Lipinski definition) is 0. The van der Waals surface area contributed by atoms with E-state index in [0.717, 1.165) is 20.1 Å². The maximum absolute atomic E-state index is 3.76. The second-order valence-corrected chi connectivity index (χ2v) is 9.75. The van der Waals surface area contributed by atoms with Crippen molar-refractivity contribution >= 4 is 31.9 Å². The molecule has 27 heavy (non-hydrogen) atoms. The van der Waals surface area contributed by atoms with Gasteiger partial charge in [-0.15, -0.1) is 29.8 Å². The lowest BCUT2D eigenvalue weighted by Crippen LogP contribution is -2.13. The summed E-state index contributed by atoms with van der Waals surface area (Å²) in [7, 11) is 0. The van der Waals surface area contributed by atoms with E-state index in [1.54, 1.807) is 0 Å². The molecule has 0 spiro atoms. The molecule has 0 heterocycles. The Hall–Kier alpha value is -1.60. The molecule has 1 aromatic carbocycles. The molecule has 2 heteroatoms. The van der Waals surface area contributed by atoms with Crippen molar-refractivity contribution < 1.29 is 0 Å². The molecule has 1 aromatic rings. The maximum Gasteiger partial charge on any atom is 0.152 e. The topological polar surface area (TPSA) is 0 Å². The van der Waals surface area contributed by atoms with Crippen molar-refractivity contribution in [2.24, 2.45) is 5.41 Å². The van der Waals surface area contributed by atoms with E-state index >= 15 is 0 Å². The van der Waals surface area contributed by atoms with E-state index < -0.39 is 0 Å². The van der Waals surface area contributed by atoms with Crippen LogP contribution in [0.25, 0.3) is 0 Å². The van der Waals surface area contributed by atoms with Gasteiger partial charge in [-0.25, -0.2) is 0 Å². The third kappa shape index (κ3) is 4.46. The van der Waals surface area contributed by atoms with Crippen LogP contribution in [0.5, 0.6) is 0 Å². The molecule has 0 fully saturated rings. The lowest BCUT2D eigenvalue weighted by Gasteiger charge is -2.24. The summed E-state index contributed by atoms with van der Waals surface area (Å²) in [5.41, 5.74) is 9.81. The van der Waals surface area contributed by atoms with E-state index in [1.807, 2.05) is 6.07 Å². The van der Waals surface area contributed by atoms with Crippen molar-refractivity contribution in [2.45, 2.75) is 34.6 Å². The van der Waals surface area contributed by atoms with Crippen molar-refractivity contribution in [3.63, 3.8) is 0 Å². The second-order valence-electron chi connectivity index (χ2n) is 8.04. The van der Waals surface area contributed by atoms with Crippen LogP contribution in [0.4, 0.5) is 0 Å². The first-order valence-corrected chi connectivity index (χ1v) is 10.7. The maximum atomic E-state index is 3.76. The van der Waals surface area contributed by atoms with E-state index in [1.165, 1.54) is 28.5 Å². The van der Waals surface area contributed by atoms with Gasteiger partial charge in [-0.2, -0.15) is 0 Å². The van der Waals surface area contributed by atoms with E-state index in [9.17, 15) is 0 Å². The van der Waals surface area contributed by atoms with Gasteiger partial charge in [0.25, 0.3) is 0 Å². The first-order chi connectivity index (χ1) is 12.7. The van der Waals surface area contributed by atoms with Crippen molar-refractivity contribution in [2.75, 3.05) is 0 Å². The molecule has 0 nitrogen and oxygen atoms in total. The highest BCUT2D eigenvalue weighted by molar-refractivity contribution is 9.12. The molecule has 138 valence electrons. The molecule has 0 unspecified atom stereocenters. The molecule has 0 saturated carbocycles. The van der Waals surface area contributed by atoms with Gasteiger partial charge >= 0.3 is 0 Å². The van der Waals surface area contributed by atoms with E-state index in [2.05, 4.69) is 121 Å². The summed E-state index contributed by atoms with van der Waals surface area (Å²) in [5.74, 6) is 2.43. The Bertz CT molecular complexity index is 902. The van der Waals surface area contributed by atoms with E-state index in [4.69, 9.17) is 0 Å². The van der Waals surface area contributed by atoms with Gasteiger partial charge < -0.3 is 0 Å². The van der Waals surface area contributed by atoms with Crippen molar-refractivity contribution in [1.82, 2.24) is 0 Å². The standard InChI is InChI=1S/C25H24Br2/c1-16-11-20(25(3,4)5)12-17(2)21(16)15-22-23(26)13-19(14-24(22)27)18-9-7-6-8-10-18/h6-14H,1-5H3. The van der Waals surface area contributed by atoms with Gasteiger partial charge in [0.15, 0.2) is 5.57 Å². The molecule has 2 aliphatic carbocycles. The summed E-state index contributed by atoms with van der Waals surface area (Å²) >= 11 is 7.51. The molecular formula is C25H24Br2. The fraction of sp³-hybridized carbons (Fsp3) is 0.240. The summed E-state index contributed by atoms with van der Waals surface area (Å²) in [5, 5.41) is 0. The molecule has 0 atom stereocenters. The molecule has 0 saturated heterocycles. The normalized spacial score (nSPS) is 17.9. The number of halogens is 2. The van der Waals surface area contributed by atoms with Crippen LogP contribution in [0.1, 0.15) is 40.2 Å². The van der Waals surface area contributed by atoms with Crippen LogP contribution in [0.3, 0.4) is 0 Å². The van der Waals surface area contributed by atoms with Crippen molar-refractivity contribution in [3.05, 3.63) is 109 Å². The highest BCUT2D eigenvalue weighted by atomic mass is 79.9. The Labute approximate surface area is 180 Å². The first kappa shape index (κ1) is 20.1. The predicted molar refractivity (Wildman–Crippen MR) is 124 cm³/mol. The molecule has 0 radical (unpaired) electrons. The summed E-state index contributed by atoms with van der Waals surface area (Å²) in [4.78, 5) is 0. The van der Waals surface area contributed by atoms with Crippen molar-refractivity contribution in [3.8, 4) is 0 Å². The first-order valence-electron chi connectivity index (χ1n) is 9.10. The third-order valence-corrected chi connectivity index (χ3v) is 6.05. The van der Waals surface area contributed by atoms with Crippen LogP contribution in [0.2, 0.25) is 0 Å². The van der Waals surface area contributed by atoms with Gasteiger partial charge in [-0.3, -0.25) is 0 Å². The van der Waals surface area contributed by atoms with Gasteiger partial charge in [0.2, 0.25) is 0 Å². The van der Waals surface area contributed by atoms with Crippen LogP contribution >= 0.6 is 31.9 Å². The third-order valence-electron chi connectivity index (χ3n) is 4.80. The summed E-state index contributed by atoms with van der Waals surface area (Å²) in [6.45, 7) is 11.1. The van der Waals surface area contributed by atoms with E-state index in [-0.39, 0.29) is 5.41 Å². The molecule has 0 bridgehead atoms. The average Bonchev–Trinajstić information content (AvgIpc) is 2.59. The lowest BCUT2D eigenvalue weighted by molar-refractivity contribution is 0.514. The quantitative estimate of drug-likeness (QED) is 0.279. The molecular weight excluding hydrogens is 460 g/mol. The Kier molecular flexibility index (Phi) is 5.82. The van der Waals surface area contributed by atoms with Gasteiger partial charge in [0.1, 0.15) is 0 Å². The minimum Gasteiger partial charge on any atom is -0.118 e. The number of benzene rings is 1. The zero-order valence-corrected chi connectivity index (χ0v) is 19.6. The highest BCUT2D eigenvalue weighted by Gasteiger charge is 2.29. The Morgan fingerprint density at radius 3 is 2.11 bits per heavy atom. The molecule has 0 aromatic heterocycles. The SMILES string of the molecule is CC1=CC(C(C)(C)C)=C[C+](C)C1=C=C1C(Br)=C[C-](c2ccccc2)C=C1Br.